The quantitative estimate of drug-likeness (QED) is 0.282. The van der Waals surface area contributed by atoms with E-state index in [2.05, 4.69) is 52.5 Å². The molecule has 38 heavy (non-hydrogen) atoms. The number of aromatic nitrogens is 6. The Morgan fingerprint density at radius 2 is 1.82 bits per heavy atom. The van der Waals surface area contributed by atoms with Crippen LogP contribution in [0.15, 0.2) is 49.1 Å². The van der Waals surface area contributed by atoms with Gasteiger partial charge >= 0.3 is 0 Å². The first-order valence-corrected chi connectivity index (χ1v) is 13.6. The number of hydrogen-bond acceptors (Lipinski definition) is 6. The molecule has 1 aliphatic carbocycles. The van der Waals surface area contributed by atoms with Crippen molar-refractivity contribution in [1.82, 2.24) is 30.1 Å². The largest absolute Gasteiger partial charge is 0.371 e. The molecule has 1 saturated carbocycles. The number of nitrogens with one attached hydrogen (secondary N) is 3. The van der Waals surface area contributed by atoms with Crippen molar-refractivity contribution in [1.29, 1.82) is 0 Å². The second-order valence-electron chi connectivity index (χ2n) is 10.4. The van der Waals surface area contributed by atoms with Gasteiger partial charge in [-0.2, -0.15) is 5.10 Å². The normalized spacial score (nSPS) is 16.5. The molecule has 0 spiro atoms. The number of carbonyl (C=O) groups is 1. The number of anilines is 2. The molecule has 5 aromatic heterocycles. The number of rotatable bonds is 5. The molecule has 0 aromatic carbocycles. The molecule has 1 amide bonds. The van der Waals surface area contributed by atoms with Crippen LogP contribution in [0.3, 0.4) is 0 Å². The zero-order chi connectivity index (χ0) is 25.5. The van der Waals surface area contributed by atoms with Gasteiger partial charge in [0.1, 0.15) is 11.3 Å². The van der Waals surface area contributed by atoms with E-state index < -0.39 is 0 Å². The maximum atomic E-state index is 12.6. The number of amides is 1. The summed E-state index contributed by atoms with van der Waals surface area (Å²) in [5.74, 6) is 0.182. The fourth-order valence-corrected chi connectivity index (χ4v) is 5.91. The summed E-state index contributed by atoms with van der Waals surface area (Å²) in [6.45, 7) is 2.16. The van der Waals surface area contributed by atoms with Gasteiger partial charge < -0.3 is 15.2 Å². The van der Waals surface area contributed by atoms with Crippen LogP contribution >= 0.6 is 0 Å². The number of piperidine rings is 1. The summed E-state index contributed by atoms with van der Waals surface area (Å²) in [4.78, 5) is 32.2. The van der Waals surface area contributed by atoms with Crippen molar-refractivity contribution in [2.45, 2.75) is 44.9 Å². The Kier molecular flexibility index (Phi) is 5.76. The minimum absolute atomic E-state index is 0.0818. The molecule has 5 aromatic rings. The first kappa shape index (κ1) is 22.9. The molecule has 0 unspecified atom stereocenters. The molecular formula is C29H30N8O. The molecule has 9 heteroatoms. The molecular weight excluding hydrogens is 476 g/mol. The molecule has 1 aliphatic heterocycles. The maximum absolute atomic E-state index is 12.6. The highest BCUT2D eigenvalue weighted by molar-refractivity contribution is 5.99. The third-order valence-corrected chi connectivity index (χ3v) is 7.94. The number of aromatic amines is 2. The summed E-state index contributed by atoms with van der Waals surface area (Å²) in [6, 6.07) is 8.23. The number of fused-ring (bicyclic) bond motifs is 2. The van der Waals surface area contributed by atoms with E-state index in [1.165, 1.54) is 24.9 Å². The van der Waals surface area contributed by atoms with Crippen molar-refractivity contribution in [2.24, 2.45) is 5.92 Å². The van der Waals surface area contributed by atoms with Crippen LogP contribution in [0.2, 0.25) is 0 Å². The van der Waals surface area contributed by atoms with E-state index >= 15 is 0 Å². The summed E-state index contributed by atoms with van der Waals surface area (Å²) in [6.07, 6.45) is 15.1. The van der Waals surface area contributed by atoms with Crippen molar-refractivity contribution in [2.75, 3.05) is 23.3 Å². The predicted molar refractivity (Wildman–Crippen MR) is 149 cm³/mol. The number of hydrogen-bond donors (Lipinski definition) is 3. The van der Waals surface area contributed by atoms with Crippen molar-refractivity contribution < 1.29 is 4.79 Å². The van der Waals surface area contributed by atoms with Crippen LogP contribution in [0.5, 0.6) is 0 Å². The van der Waals surface area contributed by atoms with Gasteiger partial charge in [-0.25, -0.2) is 4.98 Å². The van der Waals surface area contributed by atoms with Gasteiger partial charge in [0.15, 0.2) is 0 Å². The van der Waals surface area contributed by atoms with E-state index in [0.717, 1.165) is 83.4 Å². The van der Waals surface area contributed by atoms with Gasteiger partial charge in [-0.1, -0.05) is 12.8 Å². The fraction of sp³-hybridized carbons (Fsp3) is 0.345. The van der Waals surface area contributed by atoms with E-state index in [9.17, 15) is 4.79 Å². The van der Waals surface area contributed by atoms with E-state index in [4.69, 9.17) is 0 Å². The molecule has 0 atom stereocenters. The van der Waals surface area contributed by atoms with Crippen molar-refractivity contribution in [3.63, 3.8) is 0 Å². The van der Waals surface area contributed by atoms with Crippen LogP contribution in [0.1, 0.15) is 44.9 Å². The maximum Gasteiger partial charge on any atom is 0.227 e. The first-order valence-electron chi connectivity index (χ1n) is 13.6. The molecule has 0 bridgehead atoms. The van der Waals surface area contributed by atoms with Gasteiger partial charge in [0, 0.05) is 53.4 Å². The molecule has 6 heterocycles. The topological polar surface area (TPSA) is 115 Å². The standard InChI is InChI=1S/C29H30N8O/c38-29(18-6-2-3-7-18)33-20-12-19(15-30-16-20)23-13-21-25(17-32-23)35-36-27(21)24-14-22-26(8-9-31-28(22)34-24)37-10-4-1-5-11-37/h8-9,12-18H,1-7,10-11H2,(H,31,34)(H,33,38)(H,35,36). The van der Waals surface area contributed by atoms with Crippen LogP contribution in [-0.4, -0.2) is 49.1 Å². The van der Waals surface area contributed by atoms with Gasteiger partial charge in [-0.15, -0.1) is 0 Å². The Morgan fingerprint density at radius 3 is 2.68 bits per heavy atom. The average molecular weight is 507 g/mol. The van der Waals surface area contributed by atoms with Gasteiger partial charge in [-0.3, -0.25) is 19.9 Å². The number of nitrogens with zero attached hydrogens (tertiary/aromatic N) is 5. The SMILES string of the molecule is O=C(Nc1cncc(-c2cc3c(-c4cc5c(N6CCCCC6)ccnc5[nH]4)n[nH]c3cn2)c1)C1CCCC1. The minimum atomic E-state index is 0.0818. The zero-order valence-electron chi connectivity index (χ0n) is 21.2. The second-order valence-corrected chi connectivity index (χ2v) is 10.4. The third kappa shape index (κ3) is 4.17. The molecule has 7 rings (SSSR count). The van der Waals surface area contributed by atoms with Gasteiger partial charge in [0.05, 0.1) is 35.0 Å². The summed E-state index contributed by atoms with van der Waals surface area (Å²) in [5.41, 5.74) is 6.99. The monoisotopic (exact) mass is 506 g/mol. The lowest BCUT2D eigenvalue weighted by atomic mass is 10.1. The number of H-pyrrole nitrogens is 2. The van der Waals surface area contributed by atoms with E-state index in [1.54, 1.807) is 18.6 Å². The van der Waals surface area contributed by atoms with Crippen LogP contribution in [0.25, 0.3) is 44.6 Å². The minimum Gasteiger partial charge on any atom is -0.371 e. The lowest BCUT2D eigenvalue weighted by molar-refractivity contribution is -0.119. The lowest BCUT2D eigenvalue weighted by Crippen LogP contribution is -2.29. The molecule has 0 radical (unpaired) electrons. The van der Waals surface area contributed by atoms with Gasteiger partial charge in [0.25, 0.3) is 0 Å². The average Bonchev–Trinajstić information content (AvgIpc) is 3.73. The highest BCUT2D eigenvalue weighted by atomic mass is 16.1. The van der Waals surface area contributed by atoms with Crippen molar-refractivity contribution in [3.8, 4) is 22.6 Å². The van der Waals surface area contributed by atoms with Crippen LogP contribution < -0.4 is 10.2 Å². The van der Waals surface area contributed by atoms with E-state index in [-0.39, 0.29) is 11.8 Å². The number of pyridine rings is 3. The molecule has 192 valence electrons. The van der Waals surface area contributed by atoms with Crippen LogP contribution in [0, 0.1) is 5.92 Å². The Hall–Kier alpha value is -4.27. The van der Waals surface area contributed by atoms with E-state index in [0.29, 0.717) is 5.69 Å². The number of carbonyl (C=O) groups excluding carboxylic acids is 1. The Morgan fingerprint density at radius 1 is 0.947 bits per heavy atom. The Labute approximate surface area is 220 Å². The second kappa shape index (κ2) is 9.55. The van der Waals surface area contributed by atoms with Gasteiger partial charge in [-0.05, 0) is 56.4 Å². The molecule has 1 saturated heterocycles. The molecule has 9 nitrogen and oxygen atoms in total. The van der Waals surface area contributed by atoms with Crippen LogP contribution in [-0.2, 0) is 4.79 Å². The first-order chi connectivity index (χ1) is 18.7. The third-order valence-electron chi connectivity index (χ3n) is 7.94. The Bertz CT molecular complexity index is 1620. The van der Waals surface area contributed by atoms with Crippen molar-refractivity contribution >= 4 is 39.2 Å². The summed E-state index contributed by atoms with van der Waals surface area (Å²) >= 11 is 0. The molecule has 3 N–H and O–H groups in total. The molecule has 2 fully saturated rings. The molecule has 2 aliphatic rings. The Balaban J connectivity index is 1.22. The van der Waals surface area contributed by atoms with Crippen LogP contribution in [0.4, 0.5) is 11.4 Å². The predicted octanol–water partition coefficient (Wildman–Crippen LogP) is 5.68. The highest BCUT2D eigenvalue weighted by Crippen LogP contribution is 2.34. The van der Waals surface area contributed by atoms with Crippen molar-refractivity contribution in [3.05, 3.63) is 49.1 Å². The van der Waals surface area contributed by atoms with E-state index in [1.807, 2.05) is 18.3 Å². The smallest absolute Gasteiger partial charge is 0.227 e. The summed E-state index contributed by atoms with van der Waals surface area (Å²) in [5, 5.41) is 12.9. The summed E-state index contributed by atoms with van der Waals surface area (Å²) in [7, 11) is 0. The van der Waals surface area contributed by atoms with Gasteiger partial charge in [0.2, 0.25) is 5.91 Å². The summed E-state index contributed by atoms with van der Waals surface area (Å²) < 4.78 is 0. The fourth-order valence-electron chi connectivity index (χ4n) is 5.91. The zero-order valence-corrected chi connectivity index (χ0v) is 21.2. The highest BCUT2D eigenvalue weighted by Gasteiger charge is 2.23. The lowest BCUT2D eigenvalue weighted by Gasteiger charge is -2.29.